The Balaban J connectivity index is 1.70. The summed E-state index contributed by atoms with van der Waals surface area (Å²) in [6, 6.07) is 0. The van der Waals surface area contributed by atoms with Gasteiger partial charge in [-0.1, -0.05) is 0 Å². The number of epoxide rings is 1. The lowest BCUT2D eigenvalue weighted by molar-refractivity contribution is -0.332. The molecule has 0 aromatic rings. The molecule has 3 heterocycles. The number of hydrogen-bond acceptors (Lipinski definition) is 6. The van der Waals surface area contributed by atoms with Crippen LogP contribution in [0.2, 0.25) is 0 Å². The van der Waals surface area contributed by atoms with E-state index >= 15 is 0 Å². The SMILES string of the molecule is CC1(C)O[C@@H]2[C@H](O1)[C@H](O)[C@]1(CO1)[C@H]1COC(C)(C)O[C@@H]21. The van der Waals surface area contributed by atoms with E-state index < -0.39 is 29.4 Å². The van der Waals surface area contributed by atoms with Crippen molar-refractivity contribution in [2.45, 2.75) is 69.3 Å². The highest BCUT2D eigenvalue weighted by molar-refractivity contribution is 5.18. The summed E-state index contributed by atoms with van der Waals surface area (Å²) in [5.41, 5.74) is -0.591. The van der Waals surface area contributed by atoms with Crippen LogP contribution >= 0.6 is 0 Å². The van der Waals surface area contributed by atoms with Gasteiger partial charge in [-0.25, -0.2) is 0 Å². The number of aliphatic hydroxyl groups is 1. The Morgan fingerprint density at radius 1 is 0.850 bits per heavy atom. The fourth-order valence-corrected chi connectivity index (χ4v) is 3.83. The fourth-order valence-electron chi connectivity index (χ4n) is 3.83. The van der Waals surface area contributed by atoms with Crippen molar-refractivity contribution < 1.29 is 28.8 Å². The molecule has 6 heteroatoms. The van der Waals surface area contributed by atoms with Gasteiger partial charge >= 0.3 is 0 Å². The van der Waals surface area contributed by atoms with Gasteiger partial charge in [0.05, 0.1) is 19.3 Å². The molecule has 3 aliphatic heterocycles. The van der Waals surface area contributed by atoms with E-state index in [1.165, 1.54) is 0 Å². The maximum Gasteiger partial charge on any atom is 0.164 e. The lowest BCUT2D eigenvalue weighted by Gasteiger charge is -2.50. The molecule has 0 bridgehead atoms. The molecule has 0 aromatic heterocycles. The minimum atomic E-state index is -0.715. The predicted octanol–water partition coefficient (Wildman–Crippen LogP) is 0.418. The summed E-state index contributed by atoms with van der Waals surface area (Å²) >= 11 is 0. The molecule has 1 N–H and O–H groups in total. The van der Waals surface area contributed by atoms with Gasteiger partial charge in [0.25, 0.3) is 0 Å². The standard InChI is InChI=1S/C14H22O6/c1-12(2)16-5-7-8(18-12)9-10(20-13(3,4)19-9)11(15)14(7)6-17-14/h7-11,15H,5-6H2,1-4H3/t7-,8+,9-,10-,11-,14-/m0/s1. The molecule has 3 saturated heterocycles. The van der Waals surface area contributed by atoms with Crippen LogP contribution < -0.4 is 0 Å². The second kappa shape index (κ2) is 3.74. The van der Waals surface area contributed by atoms with E-state index in [2.05, 4.69) is 0 Å². The van der Waals surface area contributed by atoms with Crippen molar-refractivity contribution in [3.8, 4) is 0 Å². The highest BCUT2D eigenvalue weighted by Gasteiger charge is 2.72. The van der Waals surface area contributed by atoms with Crippen LogP contribution in [0, 0.1) is 5.92 Å². The maximum absolute atomic E-state index is 10.6. The van der Waals surface area contributed by atoms with Crippen molar-refractivity contribution in [3.63, 3.8) is 0 Å². The summed E-state index contributed by atoms with van der Waals surface area (Å²) in [5.74, 6) is -1.39. The molecule has 6 nitrogen and oxygen atoms in total. The van der Waals surface area contributed by atoms with Crippen LogP contribution in [0.5, 0.6) is 0 Å². The van der Waals surface area contributed by atoms with Crippen molar-refractivity contribution in [1.82, 2.24) is 0 Å². The molecule has 1 aliphatic carbocycles. The van der Waals surface area contributed by atoms with Crippen LogP contribution in [-0.4, -0.2) is 59.9 Å². The molecule has 4 rings (SSSR count). The van der Waals surface area contributed by atoms with Crippen molar-refractivity contribution in [3.05, 3.63) is 0 Å². The van der Waals surface area contributed by atoms with Crippen LogP contribution in [0.4, 0.5) is 0 Å². The van der Waals surface area contributed by atoms with E-state index in [-0.39, 0.29) is 18.1 Å². The van der Waals surface area contributed by atoms with Crippen molar-refractivity contribution in [1.29, 1.82) is 0 Å². The molecule has 114 valence electrons. The Kier molecular flexibility index (Phi) is 2.51. The zero-order valence-electron chi connectivity index (χ0n) is 12.3. The van der Waals surface area contributed by atoms with Gasteiger partial charge in [0.2, 0.25) is 0 Å². The van der Waals surface area contributed by atoms with Crippen molar-refractivity contribution in [2.75, 3.05) is 13.2 Å². The molecule has 6 atom stereocenters. The number of hydrogen-bond donors (Lipinski definition) is 1. The van der Waals surface area contributed by atoms with Gasteiger partial charge in [0.1, 0.15) is 23.9 Å². The summed E-state index contributed by atoms with van der Waals surface area (Å²) in [5, 5.41) is 10.6. The van der Waals surface area contributed by atoms with E-state index in [0.29, 0.717) is 13.2 Å². The monoisotopic (exact) mass is 286 g/mol. The predicted molar refractivity (Wildman–Crippen MR) is 66.9 cm³/mol. The van der Waals surface area contributed by atoms with Gasteiger partial charge < -0.3 is 28.8 Å². The highest BCUT2D eigenvalue weighted by atomic mass is 16.8. The third-order valence-corrected chi connectivity index (χ3v) is 4.83. The average molecular weight is 286 g/mol. The zero-order valence-corrected chi connectivity index (χ0v) is 12.3. The van der Waals surface area contributed by atoms with E-state index in [0.717, 1.165) is 0 Å². The maximum atomic E-state index is 10.6. The molecule has 1 saturated carbocycles. The molecule has 20 heavy (non-hydrogen) atoms. The molecule has 0 radical (unpaired) electrons. The highest BCUT2D eigenvalue weighted by Crippen LogP contribution is 2.54. The third kappa shape index (κ3) is 1.73. The second-order valence-corrected chi connectivity index (χ2v) is 7.15. The minimum absolute atomic E-state index is 0.0238. The molecule has 4 aliphatic rings. The number of rotatable bonds is 0. The number of aliphatic hydroxyl groups excluding tert-OH is 1. The molecule has 0 unspecified atom stereocenters. The number of fused-ring (bicyclic) bond motifs is 4. The molecule has 4 fully saturated rings. The summed E-state index contributed by atoms with van der Waals surface area (Å²) in [6.45, 7) is 8.53. The normalized spacial score (nSPS) is 55.4. The minimum Gasteiger partial charge on any atom is -0.387 e. The first-order valence-corrected chi connectivity index (χ1v) is 7.24. The summed E-state index contributed by atoms with van der Waals surface area (Å²) in [7, 11) is 0. The average Bonchev–Trinajstić information content (AvgIpc) is 3.05. The quantitative estimate of drug-likeness (QED) is 0.651. The van der Waals surface area contributed by atoms with Crippen molar-refractivity contribution >= 4 is 0 Å². The summed E-state index contributed by atoms with van der Waals surface area (Å²) in [4.78, 5) is 0. The van der Waals surface area contributed by atoms with E-state index in [9.17, 15) is 5.11 Å². The molecule has 0 amide bonds. The van der Waals surface area contributed by atoms with E-state index in [1.807, 2.05) is 27.7 Å². The third-order valence-electron chi connectivity index (χ3n) is 4.83. The van der Waals surface area contributed by atoms with Gasteiger partial charge in [0.15, 0.2) is 11.6 Å². The summed E-state index contributed by atoms with van der Waals surface area (Å²) in [6.07, 6.45) is -1.59. The Labute approximate surface area is 118 Å². The lowest BCUT2D eigenvalue weighted by Crippen LogP contribution is -2.67. The van der Waals surface area contributed by atoms with Gasteiger partial charge in [0, 0.05) is 5.92 Å². The molecule has 0 aromatic carbocycles. The van der Waals surface area contributed by atoms with Crippen LogP contribution in [0.25, 0.3) is 0 Å². The summed E-state index contributed by atoms with van der Waals surface area (Å²) < 4.78 is 29.3. The molecule has 1 spiro atoms. The topological polar surface area (TPSA) is 69.7 Å². The molecular weight excluding hydrogens is 264 g/mol. The Morgan fingerprint density at radius 3 is 2.10 bits per heavy atom. The Bertz CT molecular complexity index is 429. The second-order valence-electron chi connectivity index (χ2n) is 7.15. The van der Waals surface area contributed by atoms with E-state index in [1.54, 1.807) is 0 Å². The van der Waals surface area contributed by atoms with Crippen LogP contribution in [0.15, 0.2) is 0 Å². The molecular formula is C14H22O6. The Morgan fingerprint density at radius 2 is 1.45 bits per heavy atom. The first-order chi connectivity index (χ1) is 9.24. The largest absolute Gasteiger partial charge is 0.387 e. The van der Waals surface area contributed by atoms with Gasteiger partial charge in [-0.15, -0.1) is 0 Å². The van der Waals surface area contributed by atoms with Crippen LogP contribution in [-0.2, 0) is 23.7 Å². The fraction of sp³-hybridized carbons (Fsp3) is 1.00. The van der Waals surface area contributed by atoms with Gasteiger partial charge in [-0.3, -0.25) is 0 Å². The lowest BCUT2D eigenvalue weighted by atomic mass is 9.72. The number of ether oxygens (including phenoxy) is 5. The van der Waals surface area contributed by atoms with Crippen molar-refractivity contribution in [2.24, 2.45) is 5.92 Å². The first kappa shape index (κ1) is 13.4. The van der Waals surface area contributed by atoms with E-state index in [4.69, 9.17) is 23.7 Å². The van der Waals surface area contributed by atoms with Gasteiger partial charge in [-0.05, 0) is 27.7 Å². The zero-order chi connectivity index (χ0) is 14.3. The van der Waals surface area contributed by atoms with Crippen LogP contribution in [0.1, 0.15) is 27.7 Å². The smallest absolute Gasteiger partial charge is 0.164 e. The first-order valence-electron chi connectivity index (χ1n) is 7.24. The Hall–Kier alpha value is -0.240. The van der Waals surface area contributed by atoms with Crippen LogP contribution in [0.3, 0.4) is 0 Å². The van der Waals surface area contributed by atoms with Gasteiger partial charge in [-0.2, -0.15) is 0 Å².